The first-order valence-corrected chi connectivity index (χ1v) is 8.92. The summed E-state index contributed by atoms with van der Waals surface area (Å²) in [6.45, 7) is 0. The topological polar surface area (TPSA) is 113 Å². The van der Waals surface area contributed by atoms with Crippen LogP contribution < -0.4 is 11.1 Å². The second-order valence-corrected chi connectivity index (χ2v) is 7.32. The number of anilines is 1. The van der Waals surface area contributed by atoms with Crippen LogP contribution in [0.3, 0.4) is 0 Å². The van der Waals surface area contributed by atoms with Gasteiger partial charge in [-0.25, -0.2) is 8.42 Å². The van der Waals surface area contributed by atoms with Crippen molar-refractivity contribution in [1.29, 1.82) is 5.26 Å². The summed E-state index contributed by atoms with van der Waals surface area (Å²) in [5.41, 5.74) is 6.64. The molecule has 2 aromatic carbocycles. The average Bonchev–Trinajstić information content (AvgIpc) is 2.60. The molecule has 0 bridgehead atoms. The van der Waals surface area contributed by atoms with Crippen LogP contribution in [0.4, 0.5) is 5.69 Å². The minimum atomic E-state index is -3.61. The van der Waals surface area contributed by atoms with E-state index in [0.29, 0.717) is 5.69 Å². The van der Waals surface area contributed by atoms with Crippen molar-refractivity contribution in [1.82, 2.24) is 0 Å². The lowest BCUT2D eigenvalue weighted by molar-refractivity contribution is -0.117. The molecule has 0 aromatic heterocycles. The fourth-order valence-corrected chi connectivity index (χ4v) is 3.44. The van der Waals surface area contributed by atoms with E-state index in [1.54, 1.807) is 24.3 Å². The first kappa shape index (κ1) is 17.7. The number of carbonyl (C=O) groups is 1. The number of hydrogen-bond acceptors (Lipinski definition) is 5. The van der Waals surface area contributed by atoms with Gasteiger partial charge in [-0.3, -0.25) is 4.79 Å². The average molecular weight is 343 g/mol. The summed E-state index contributed by atoms with van der Waals surface area (Å²) in [5, 5.41) is 11.5. The third-order valence-corrected chi connectivity index (χ3v) is 5.14. The highest BCUT2D eigenvalue weighted by atomic mass is 32.2. The number of carbonyl (C=O) groups excluding carboxylic acids is 1. The molecule has 124 valence electrons. The molecule has 0 radical (unpaired) electrons. The van der Waals surface area contributed by atoms with Gasteiger partial charge in [-0.15, -0.1) is 0 Å². The lowest BCUT2D eigenvalue weighted by atomic mass is 10.2. The van der Waals surface area contributed by atoms with Crippen molar-refractivity contribution in [3.05, 3.63) is 60.2 Å². The van der Waals surface area contributed by atoms with E-state index in [4.69, 9.17) is 11.0 Å². The molecule has 0 fully saturated rings. The number of nitrogens with two attached hydrogens (primary N) is 1. The highest BCUT2D eigenvalue weighted by Gasteiger charge is 2.20. The molecule has 0 heterocycles. The maximum absolute atomic E-state index is 12.3. The lowest BCUT2D eigenvalue weighted by Gasteiger charge is -2.12. The Hall–Kier alpha value is -2.69. The van der Waals surface area contributed by atoms with Crippen LogP contribution in [-0.2, 0) is 14.6 Å². The standard InChI is InChI=1S/C17H17N3O3S/c18-12-13-5-4-8-15(11-13)24(22,23)10-9-16(19)17(21)20-14-6-2-1-3-7-14/h1-8,11,16H,9-10,19H2,(H,20,21). The van der Waals surface area contributed by atoms with E-state index < -0.39 is 21.8 Å². The number of sulfone groups is 1. The summed E-state index contributed by atoms with van der Waals surface area (Å²) in [7, 11) is -3.61. The number of benzene rings is 2. The number of para-hydroxylation sites is 1. The predicted octanol–water partition coefficient (Wildman–Crippen LogP) is 1.69. The Bertz CT molecular complexity index is 858. The van der Waals surface area contributed by atoms with Gasteiger partial charge in [-0.05, 0) is 36.8 Å². The molecule has 6 nitrogen and oxygen atoms in total. The van der Waals surface area contributed by atoms with Crippen LogP contribution in [0.1, 0.15) is 12.0 Å². The van der Waals surface area contributed by atoms with Crippen LogP contribution in [0.5, 0.6) is 0 Å². The highest BCUT2D eigenvalue weighted by molar-refractivity contribution is 7.91. The zero-order valence-electron chi connectivity index (χ0n) is 12.8. The van der Waals surface area contributed by atoms with Crippen molar-refractivity contribution in [3.63, 3.8) is 0 Å². The molecule has 0 spiro atoms. The number of nitrogens with one attached hydrogen (secondary N) is 1. The number of hydrogen-bond donors (Lipinski definition) is 2. The molecule has 0 saturated carbocycles. The molecule has 0 aliphatic rings. The molecule has 3 N–H and O–H groups in total. The zero-order valence-corrected chi connectivity index (χ0v) is 13.7. The summed E-state index contributed by atoms with van der Waals surface area (Å²) < 4.78 is 24.6. The van der Waals surface area contributed by atoms with Gasteiger partial charge >= 0.3 is 0 Å². The fourth-order valence-electron chi connectivity index (χ4n) is 2.05. The van der Waals surface area contributed by atoms with Crippen LogP contribution in [-0.4, -0.2) is 26.1 Å². The normalized spacial score (nSPS) is 12.2. The van der Waals surface area contributed by atoms with Gasteiger partial charge in [0.15, 0.2) is 9.84 Å². The summed E-state index contributed by atoms with van der Waals surface area (Å²) in [6.07, 6.45) is -0.0161. The van der Waals surface area contributed by atoms with E-state index in [9.17, 15) is 13.2 Å². The van der Waals surface area contributed by atoms with Crippen molar-refractivity contribution in [2.24, 2.45) is 5.73 Å². The maximum atomic E-state index is 12.3. The van der Waals surface area contributed by atoms with E-state index in [1.165, 1.54) is 24.3 Å². The number of nitrogens with zero attached hydrogens (tertiary/aromatic N) is 1. The van der Waals surface area contributed by atoms with Crippen molar-refractivity contribution < 1.29 is 13.2 Å². The molecule has 2 aromatic rings. The summed E-state index contributed by atoms with van der Waals surface area (Å²) in [4.78, 5) is 12.0. The second-order valence-electron chi connectivity index (χ2n) is 5.21. The second kappa shape index (κ2) is 7.73. The maximum Gasteiger partial charge on any atom is 0.241 e. The van der Waals surface area contributed by atoms with E-state index in [0.717, 1.165) is 0 Å². The minimum Gasteiger partial charge on any atom is -0.325 e. The van der Waals surface area contributed by atoms with Crippen molar-refractivity contribution in [2.45, 2.75) is 17.4 Å². The first-order valence-electron chi connectivity index (χ1n) is 7.27. The molecule has 1 atom stereocenters. The summed E-state index contributed by atoms with van der Waals surface area (Å²) >= 11 is 0. The quantitative estimate of drug-likeness (QED) is 0.828. The van der Waals surface area contributed by atoms with E-state index in [2.05, 4.69) is 5.32 Å². The Morgan fingerprint density at radius 1 is 1.17 bits per heavy atom. The molecule has 0 aliphatic heterocycles. The highest BCUT2D eigenvalue weighted by Crippen LogP contribution is 2.15. The van der Waals surface area contributed by atoms with Crippen molar-refractivity contribution >= 4 is 21.4 Å². The van der Waals surface area contributed by atoms with Gasteiger partial charge in [0.05, 0.1) is 28.3 Å². The number of amides is 1. The van der Waals surface area contributed by atoms with E-state index >= 15 is 0 Å². The summed E-state index contributed by atoms with van der Waals surface area (Å²) in [5.74, 6) is -0.715. The molecule has 2 rings (SSSR count). The monoisotopic (exact) mass is 343 g/mol. The molecular formula is C17H17N3O3S. The van der Waals surface area contributed by atoms with Crippen LogP contribution in [0.15, 0.2) is 59.5 Å². The number of rotatable bonds is 6. The molecule has 24 heavy (non-hydrogen) atoms. The van der Waals surface area contributed by atoms with Crippen LogP contribution in [0, 0.1) is 11.3 Å². The Labute approximate surface area is 140 Å². The first-order chi connectivity index (χ1) is 11.4. The Morgan fingerprint density at radius 3 is 2.54 bits per heavy atom. The zero-order chi connectivity index (χ0) is 17.6. The third-order valence-electron chi connectivity index (χ3n) is 3.40. The largest absolute Gasteiger partial charge is 0.325 e. The van der Waals surface area contributed by atoms with Gasteiger partial charge in [0.25, 0.3) is 0 Å². The lowest BCUT2D eigenvalue weighted by Crippen LogP contribution is -2.37. The molecule has 1 unspecified atom stereocenters. The van der Waals surface area contributed by atoms with Crippen LogP contribution >= 0.6 is 0 Å². The molecular weight excluding hydrogens is 326 g/mol. The van der Waals surface area contributed by atoms with Crippen LogP contribution in [0.2, 0.25) is 0 Å². The van der Waals surface area contributed by atoms with Gasteiger partial charge in [0.2, 0.25) is 5.91 Å². The van der Waals surface area contributed by atoms with E-state index in [-0.39, 0.29) is 22.6 Å². The molecule has 0 aliphatic carbocycles. The molecule has 0 saturated heterocycles. The number of nitriles is 1. The molecule has 7 heteroatoms. The van der Waals surface area contributed by atoms with E-state index in [1.807, 2.05) is 12.1 Å². The molecule has 1 amide bonds. The smallest absolute Gasteiger partial charge is 0.241 e. The fraction of sp³-hybridized carbons (Fsp3) is 0.176. The van der Waals surface area contributed by atoms with Crippen LogP contribution in [0.25, 0.3) is 0 Å². The van der Waals surface area contributed by atoms with Crippen molar-refractivity contribution in [2.75, 3.05) is 11.1 Å². The summed E-state index contributed by atoms with van der Waals surface area (Å²) in [6, 6.07) is 15.5. The van der Waals surface area contributed by atoms with Gasteiger partial charge in [0, 0.05) is 5.69 Å². The Balaban J connectivity index is 1.98. The third kappa shape index (κ3) is 4.65. The Morgan fingerprint density at radius 2 is 1.88 bits per heavy atom. The predicted molar refractivity (Wildman–Crippen MR) is 90.9 cm³/mol. The SMILES string of the molecule is N#Cc1cccc(S(=O)(=O)CCC(N)C(=O)Nc2ccccc2)c1. The van der Waals surface area contributed by atoms with Gasteiger partial charge < -0.3 is 11.1 Å². The van der Waals surface area contributed by atoms with Gasteiger partial charge in [-0.1, -0.05) is 24.3 Å². The van der Waals surface area contributed by atoms with Gasteiger partial charge in [0.1, 0.15) is 0 Å². The van der Waals surface area contributed by atoms with Gasteiger partial charge in [-0.2, -0.15) is 5.26 Å². The Kier molecular flexibility index (Phi) is 5.68. The minimum absolute atomic E-state index is 0.0161. The van der Waals surface area contributed by atoms with Crippen molar-refractivity contribution in [3.8, 4) is 6.07 Å².